The topological polar surface area (TPSA) is 96.4 Å². The number of alkyl halides is 1. The number of rotatable bonds is 13. The maximum absolute atomic E-state index is 14.6. The van der Waals surface area contributed by atoms with Crippen molar-refractivity contribution in [1.82, 2.24) is 4.90 Å². The van der Waals surface area contributed by atoms with Gasteiger partial charge in [0.2, 0.25) is 5.91 Å². The molecule has 6 atom stereocenters. The number of carbonyl (C=O) groups excluding carboxylic acids is 3. The van der Waals surface area contributed by atoms with Crippen LogP contribution in [0.2, 0.25) is 0 Å². The largest absolute Gasteiger partial charge is 0.461 e. The molecule has 1 N–H and O–H groups in total. The highest BCUT2D eigenvalue weighted by atomic mass is 79.9. The monoisotopic (exact) mass is 602 g/mol. The van der Waals surface area contributed by atoms with Crippen molar-refractivity contribution in [3.63, 3.8) is 0 Å². The van der Waals surface area contributed by atoms with Crippen molar-refractivity contribution < 1.29 is 29.0 Å². The molecule has 8 nitrogen and oxygen atoms in total. The van der Waals surface area contributed by atoms with E-state index in [0.29, 0.717) is 25.8 Å². The van der Waals surface area contributed by atoms with Crippen LogP contribution in [0.4, 0.5) is 5.69 Å². The number of benzene rings is 1. The van der Waals surface area contributed by atoms with Crippen molar-refractivity contribution in [3.05, 3.63) is 54.6 Å². The molecule has 3 heterocycles. The summed E-state index contributed by atoms with van der Waals surface area (Å²) in [5.41, 5.74) is 1.54. The number of aliphatic hydroxyl groups is 1. The number of ether oxygens (including phenoxy) is 2. The number of nitrogens with zero attached hydrogens (tertiary/aromatic N) is 2. The fourth-order valence-corrected chi connectivity index (χ4v) is 7.65. The number of hydrogen-bond acceptors (Lipinski definition) is 6. The number of aryl methyl sites for hydroxylation is 2. The van der Waals surface area contributed by atoms with Crippen molar-refractivity contribution >= 4 is 39.4 Å². The van der Waals surface area contributed by atoms with Crippen LogP contribution in [0.15, 0.2) is 43.5 Å². The molecule has 3 aliphatic heterocycles. The number of likely N-dealkylation sites (tertiary alicyclic amines) is 1. The second kappa shape index (κ2) is 12.4. The van der Waals surface area contributed by atoms with Crippen molar-refractivity contribution in [2.75, 3.05) is 31.2 Å². The number of unbranched alkanes of at least 4 members (excludes halogenated alkanes) is 3. The summed E-state index contributed by atoms with van der Waals surface area (Å²) in [6, 6.07) is 4.98. The summed E-state index contributed by atoms with van der Waals surface area (Å²) in [5.74, 6) is -2.59. The van der Waals surface area contributed by atoms with Crippen molar-refractivity contribution in [1.29, 1.82) is 0 Å². The van der Waals surface area contributed by atoms with Gasteiger partial charge in [-0.15, -0.1) is 6.58 Å². The summed E-state index contributed by atoms with van der Waals surface area (Å²) >= 11 is 3.69. The molecule has 3 aliphatic rings. The Morgan fingerprint density at radius 1 is 1.21 bits per heavy atom. The van der Waals surface area contributed by atoms with Gasteiger partial charge in [-0.05, 0) is 44.2 Å². The molecule has 0 aromatic heterocycles. The lowest BCUT2D eigenvalue weighted by atomic mass is 9.70. The van der Waals surface area contributed by atoms with Crippen LogP contribution in [0.3, 0.4) is 0 Å². The average molecular weight is 604 g/mol. The first-order valence-electron chi connectivity index (χ1n) is 13.7. The Morgan fingerprint density at radius 2 is 1.90 bits per heavy atom. The van der Waals surface area contributed by atoms with Gasteiger partial charge >= 0.3 is 5.97 Å². The third-order valence-electron chi connectivity index (χ3n) is 8.23. The van der Waals surface area contributed by atoms with E-state index in [4.69, 9.17) is 14.6 Å². The number of halogens is 1. The smallest absolute Gasteiger partial charge is 0.312 e. The number of anilines is 1. The van der Waals surface area contributed by atoms with Gasteiger partial charge in [0.15, 0.2) is 0 Å². The highest BCUT2D eigenvalue weighted by Crippen LogP contribution is 2.60. The SMILES string of the molecule is C=CCOC(=O)[C@H]1[C@H]2C(=O)N(CCCCCCO)C(C(=O)N(CC=C)c3c(C)cccc3C)C23CC(Br)[C@@H]1O3. The molecular weight excluding hydrogens is 564 g/mol. The van der Waals surface area contributed by atoms with Gasteiger partial charge in [0.05, 0.1) is 17.9 Å². The second-order valence-electron chi connectivity index (χ2n) is 10.7. The molecule has 0 saturated carbocycles. The molecule has 2 bridgehead atoms. The lowest BCUT2D eigenvalue weighted by Crippen LogP contribution is -2.57. The van der Waals surface area contributed by atoms with Gasteiger partial charge in [-0.3, -0.25) is 14.4 Å². The molecule has 39 heavy (non-hydrogen) atoms. The van der Waals surface area contributed by atoms with E-state index in [9.17, 15) is 14.4 Å². The van der Waals surface area contributed by atoms with Gasteiger partial charge in [-0.2, -0.15) is 0 Å². The maximum Gasteiger partial charge on any atom is 0.312 e. The number of hydrogen-bond donors (Lipinski definition) is 1. The molecule has 3 saturated heterocycles. The Morgan fingerprint density at radius 3 is 2.54 bits per heavy atom. The Hall–Kier alpha value is -2.49. The fourth-order valence-electron chi connectivity index (χ4n) is 6.70. The Labute approximate surface area is 239 Å². The molecule has 1 aromatic carbocycles. The molecule has 0 aliphatic carbocycles. The van der Waals surface area contributed by atoms with Crippen molar-refractivity contribution in [2.45, 2.75) is 68.5 Å². The lowest BCUT2D eigenvalue weighted by Gasteiger charge is -2.37. The number of para-hydroxylation sites is 1. The standard InChI is InChI=1S/C30H39BrN2O6/c1-5-14-32(24-19(3)12-11-13-20(24)4)28(36)26-30-18-21(31)25(39-30)22(29(37)38-17-6-2)23(30)27(35)33(26)15-9-7-8-10-16-34/h5-6,11-13,21-23,25-26,34H,1-2,7-10,14-18H2,3-4H3/t21?,22-,23-,25-,26?,30?/m0/s1. The zero-order valence-electron chi connectivity index (χ0n) is 22.8. The van der Waals surface area contributed by atoms with Crippen molar-refractivity contribution in [3.8, 4) is 0 Å². The number of aliphatic hydroxyl groups excluding tert-OH is 1. The molecule has 1 spiro atoms. The number of carbonyl (C=O) groups is 3. The zero-order chi connectivity index (χ0) is 28.3. The maximum atomic E-state index is 14.6. The van der Waals surface area contributed by atoms with Crippen LogP contribution in [0, 0.1) is 25.7 Å². The van der Waals surface area contributed by atoms with Crippen LogP contribution in [-0.4, -0.2) is 76.7 Å². The normalized spacial score (nSPS) is 28.9. The lowest BCUT2D eigenvalue weighted by molar-refractivity contribution is -0.153. The highest BCUT2D eigenvalue weighted by molar-refractivity contribution is 9.09. The molecule has 212 valence electrons. The predicted octanol–water partition coefficient (Wildman–Crippen LogP) is 3.85. The highest BCUT2D eigenvalue weighted by Gasteiger charge is 2.77. The van der Waals surface area contributed by atoms with Gasteiger partial charge in [0, 0.05) is 30.2 Å². The first-order valence-corrected chi connectivity index (χ1v) is 14.6. The first-order chi connectivity index (χ1) is 18.7. The third kappa shape index (κ3) is 5.21. The molecule has 3 fully saturated rings. The van der Waals surface area contributed by atoms with Crippen LogP contribution >= 0.6 is 15.9 Å². The third-order valence-corrected chi connectivity index (χ3v) is 9.08. The van der Waals surface area contributed by atoms with Crippen molar-refractivity contribution in [2.24, 2.45) is 11.8 Å². The van der Waals surface area contributed by atoms with Crippen LogP contribution in [0.25, 0.3) is 0 Å². The Bertz CT molecular complexity index is 1100. The molecule has 2 amide bonds. The van der Waals surface area contributed by atoms with Gasteiger partial charge in [-0.25, -0.2) is 0 Å². The molecule has 9 heteroatoms. The van der Waals surface area contributed by atoms with Crippen LogP contribution in [-0.2, 0) is 23.9 Å². The van der Waals surface area contributed by atoms with Gasteiger partial charge < -0.3 is 24.4 Å². The average Bonchev–Trinajstić information content (AvgIpc) is 3.49. The predicted molar refractivity (Wildman–Crippen MR) is 153 cm³/mol. The first kappa shape index (κ1) is 29.5. The Balaban J connectivity index is 1.76. The van der Waals surface area contributed by atoms with Gasteiger partial charge in [0.25, 0.3) is 5.91 Å². The number of esters is 1. The van der Waals surface area contributed by atoms with E-state index in [-0.39, 0.29) is 36.4 Å². The second-order valence-corrected chi connectivity index (χ2v) is 11.9. The summed E-state index contributed by atoms with van der Waals surface area (Å²) in [7, 11) is 0. The van der Waals surface area contributed by atoms with E-state index < -0.39 is 35.6 Å². The molecule has 3 unspecified atom stereocenters. The van der Waals surface area contributed by atoms with E-state index in [0.717, 1.165) is 29.7 Å². The molecule has 1 aromatic rings. The van der Waals surface area contributed by atoms with Crippen LogP contribution in [0.1, 0.15) is 43.2 Å². The summed E-state index contributed by atoms with van der Waals surface area (Å²) in [6.45, 7) is 12.2. The molecular formula is C30H39BrN2O6. The summed E-state index contributed by atoms with van der Waals surface area (Å²) in [5, 5.41) is 9.15. The minimum atomic E-state index is -1.15. The van der Waals surface area contributed by atoms with Crippen LogP contribution < -0.4 is 4.90 Å². The quantitative estimate of drug-likeness (QED) is 0.159. The molecule has 0 radical (unpaired) electrons. The van der Waals surface area contributed by atoms with Gasteiger partial charge in [0.1, 0.15) is 18.2 Å². The van der Waals surface area contributed by atoms with E-state index in [1.54, 1.807) is 15.9 Å². The van der Waals surface area contributed by atoms with E-state index >= 15 is 0 Å². The van der Waals surface area contributed by atoms with E-state index in [1.165, 1.54) is 6.08 Å². The van der Waals surface area contributed by atoms with Crippen LogP contribution in [0.5, 0.6) is 0 Å². The molecule has 4 rings (SSSR count). The van der Waals surface area contributed by atoms with E-state index in [2.05, 4.69) is 29.1 Å². The fraction of sp³-hybridized carbons (Fsp3) is 0.567. The zero-order valence-corrected chi connectivity index (χ0v) is 24.4. The minimum absolute atomic E-state index is 0.0412. The summed E-state index contributed by atoms with van der Waals surface area (Å²) in [6.07, 6.45) is 6.06. The summed E-state index contributed by atoms with van der Waals surface area (Å²) < 4.78 is 12.0. The van der Waals surface area contributed by atoms with Gasteiger partial charge in [-0.1, -0.05) is 65.7 Å². The summed E-state index contributed by atoms with van der Waals surface area (Å²) in [4.78, 5) is 45.1. The minimum Gasteiger partial charge on any atom is -0.461 e. The van der Waals surface area contributed by atoms with E-state index in [1.807, 2.05) is 32.0 Å². The number of fused-ring (bicyclic) bond motifs is 1. The number of amides is 2. The Kier molecular flexibility index (Phi) is 9.34.